The standard InChI is InChI=1S/C10H11BrFN3/c1-5(13)9-6(2)14-10-8(11)3-7(12)4-15(9)10/h3-5H,13H2,1-2H3. The average Bonchev–Trinajstić information content (AvgIpc) is 2.41. The molecule has 0 spiro atoms. The monoisotopic (exact) mass is 271 g/mol. The smallest absolute Gasteiger partial charge is 0.151 e. The van der Waals surface area contributed by atoms with Crippen molar-refractivity contribution in [3.05, 3.63) is 33.9 Å². The lowest BCUT2D eigenvalue weighted by Gasteiger charge is -2.06. The second-order valence-corrected chi connectivity index (χ2v) is 4.43. The molecular weight excluding hydrogens is 261 g/mol. The summed E-state index contributed by atoms with van der Waals surface area (Å²) in [4.78, 5) is 4.34. The number of hydrogen-bond donors (Lipinski definition) is 1. The number of halogens is 2. The Morgan fingerprint density at radius 1 is 1.60 bits per heavy atom. The van der Waals surface area contributed by atoms with E-state index in [1.165, 1.54) is 12.3 Å². The van der Waals surface area contributed by atoms with Crippen LogP contribution in [-0.2, 0) is 0 Å². The Balaban J connectivity index is 2.86. The number of nitrogens with two attached hydrogens (primary N) is 1. The molecule has 1 unspecified atom stereocenters. The number of hydrogen-bond acceptors (Lipinski definition) is 2. The lowest BCUT2D eigenvalue weighted by Crippen LogP contribution is -2.09. The Hall–Kier alpha value is -0.940. The van der Waals surface area contributed by atoms with Crippen LogP contribution in [0.3, 0.4) is 0 Å². The van der Waals surface area contributed by atoms with Gasteiger partial charge in [-0.2, -0.15) is 0 Å². The van der Waals surface area contributed by atoms with Gasteiger partial charge in [0.2, 0.25) is 0 Å². The van der Waals surface area contributed by atoms with Crippen molar-refractivity contribution in [1.82, 2.24) is 9.38 Å². The summed E-state index contributed by atoms with van der Waals surface area (Å²) in [6.07, 6.45) is 1.40. The molecule has 0 saturated carbocycles. The zero-order valence-corrected chi connectivity index (χ0v) is 10.0. The topological polar surface area (TPSA) is 43.3 Å². The van der Waals surface area contributed by atoms with Crippen LogP contribution in [0, 0.1) is 12.7 Å². The summed E-state index contributed by atoms with van der Waals surface area (Å²) in [6.45, 7) is 3.73. The number of rotatable bonds is 1. The Kier molecular flexibility index (Phi) is 2.52. The third-order valence-corrected chi connectivity index (χ3v) is 2.88. The fourth-order valence-electron chi connectivity index (χ4n) is 1.75. The van der Waals surface area contributed by atoms with E-state index in [9.17, 15) is 4.39 Å². The van der Waals surface area contributed by atoms with Crippen molar-refractivity contribution in [2.24, 2.45) is 5.73 Å². The molecule has 3 nitrogen and oxygen atoms in total. The quantitative estimate of drug-likeness (QED) is 0.867. The van der Waals surface area contributed by atoms with E-state index < -0.39 is 0 Å². The Morgan fingerprint density at radius 3 is 2.87 bits per heavy atom. The van der Waals surface area contributed by atoms with Crippen LogP contribution in [-0.4, -0.2) is 9.38 Å². The maximum atomic E-state index is 13.2. The fraction of sp³-hybridized carbons (Fsp3) is 0.300. The maximum absolute atomic E-state index is 13.2. The van der Waals surface area contributed by atoms with E-state index in [-0.39, 0.29) is 11.9 Å². The lowest BCUT2D eigenvalue weighted by atomic mass is 10.2. The summed E-state index contributed by atoms with van der Waals surface area (Å²) in [5, 5.41) is 0. The molecule has 0 aliphatic rings. The van der Waals surface area contributed by atoms with Crippen molar-refractivity contribution in [2.45, 2.75) is 19.9 Å². The van der Waals surface area contributed by atoms with Gasteiger partial charge in [0.25, 0.3) is 0 Å². The minimum atomic E-state index is -0.311. The molecule has 0 fully saturated rings. The van der Waals surface area contributed by atoms with Crippen molar-refractivity contribution in [3.8, 4) is 0 Å². The second-order valence-electron chi connectivity index (χ2n) is 3.57. The highest BCUT2D eigenvalue weighted by molar-refractivity contribution is 9.10. The molecule has 2 aromatic heterocycles. The first-order valence-electron chi connectivity index (χ1n) is 4.60. The Labute approximate surface area is 95.2 Å². The lowest BCUT2D eigenvalue weighted by molar-refractivity contribution is 0.614. The van der Waals surface area contributed by atoms with Crippen molar-refractivity contribution >= 4 is 21.6 Å². The fourth-order valence-corrected chi connectivity index (χ4v) is 2.25. The van der Waals surface area contributed by atoms with Gasteiger partial charge in [0.05, 0.1) is 15.9 Å². The number of aryl methyl sites for hydroxylation is 1. The Morgan fingerprint density at radius 2 is 2.27 bits per heavy atom. The molecule has 2 rings (SSSR count). The van der Waals surface area contributed by atoms with Crippen LogP contribution in [0.25, 0.3) is 5.65 Å². The highest BCUT2D eigenvalue weighted by Crippen LogP contribution is 2.24. The SMILES string of the molecule is Cc1nc2c(Br)cc(F)cn2c1C(C)N. The zero-order chi connectivity index (χ0) is 11.2. The van der Waals surface area contributed by atoms with E-state index in [2.05, 4.69) is 20.9 Å². The largest absolute Gasteiger partial charge is 0.323 e. The summed E-state index contributed by atoms with van der Waals surface area (Å²) >= 11 is 3.28. The highest BCUT2D eigenvalue weighted by Gasteiger charge is 2.14. The third kappa shape index (κ3) is 1.66. The van der Waals surface area contributed by atoms with Gasteiger partial charge in [-0.15, -0.1) is 0 Å². The molecule has 0 aromatic carbocycles. The molecule has 0 aliphatic heterocycles. The van der Waals surface area contributed by atoms with Gasteiger partial charge in [-0.05, 0) is 35.8 Å². The van der Waals surface area contributed by atoms with Crippen molar-refractivity contribution in [2.75, 3.05) is 0 Å². The summed E-state index contributed by atoms with van der Waals surface area (Å²) in [7, 11) is 0. The average molecular weight is 272 g/mol. The van der Waals surface area contributed by atoms with Crippen LogP contribution >= 0.6 is 15.9 Å². The number of imidazole rings is 1. The van der Waals surface area contributed by atoms with Gasteiger partial charge in [-0.1, -0.05) is 0 Å². The van der Waals surface area contributed by atoms with Gasteiger partial charge in [0, 0.05) is 12.2 Å². The van der Waals surface area contributed by atoms with E-state index in [4.69, 9.17) is 5.73 Å². The van der Waals surface area contributed by atoms with Crippen molar-refractivity contribution in [1.29, 1.82) is 0 Å². The predicted molar refractivity (Wildman–Crippen MR) is 60.2 cm³/mol. The minimum Gasteiger partial charge on any atom is -0.323 e. The van der Waals surface area contributed by atoms with E-state index in [1.807, 2.05) is 13.8 Å². The van der Waals surface area contributed by atoms with Crippen LogP contribution < -0.4 is 5.73 Å². The molecule has 2 N–H and O–H groups in total. The van der Waals surface area contributed by atoms with Crippen LogP contribution in [0.1, 0.15) is 24.4 Å². The minimum absolute atomic E-state index is 0.173. The molecule has 0 amide bonds. The van der Waals surface area contributed by atoms with Gasteiger partial charge in [-0.25, -0.2) is 9.37 Å². The first-order valence-corrected chi connectivity index (χ1v) is 5.39. The molecule has 15 heavy (non-hydrogen) atoms. The van der Waals surface area contributed by atoms with Crippen LogP contribution in [0.4, 0.5) is 4.39 Å². The molecule has 1 atom stereocenters. The van der Waals surface area contributed by atoms with Gasteiger partial charge in [0.1, 0.15) is 5.82 Å². The van der Waals surface area contributed by atoms with Crippen LogP contribution in [0.2, 0.25) is 0 Å². The summed E-state index contributed by atoms with van der Waals surface area (Å²) in [5.41, 5.74) is 8.19. The Bertz CT molecular complexity index is 519. The van der Waals surface area contributed by atoms with Gasteiger partial charge < -0.3 is 5.73 Å². The molecular formula is C10H11BrFN3. The summed E-state index contributed by atoms with van der Waals surface area (Å²) in [5.74, 6) is -0.311. The normalized spacial score (nSPS) is 13.4. The van der Waals surface area contributed by atoms with E-state index in [0.717, 1.165) is 11.4 Å². The molecule has 5 heteroatoms. The maximum Gasteiger partial charge on any atom is 0.151 e. The third-order valence-electron chi connectivity index (χ3n) is 2.29. The van der Waals surface area contributed by atoms with Gasteiger partial charge in [0.15, 0.2) is 5.65 Å². The van der Waals surface area contributed by atoms with Gasteiger partial charge in [-0.3, -0.25) is 4.40 Å². The molecule has 0 saturated heterocycles. The summed E-state index contributed by atoms with van der Waals surface area (Å²) < 4.78 is 15.6. The first kappa shape index (κ1) is 10.6. The van der Waals surface area contributed by atoms with Crippen molar-refractivity contribution in [3.63, 3.8) is 0 Å². The number of nitrogens with zero attached hydrogens (tertiary/aromatic N) is 2. The molecule has 80 valence electrons. The van der Waals surface area contributed by atoms with E-state index in [1.54, 1.807) is 4.40 Å². The van der Waals surface area contributed by atoms with Crippen molar-refractivity contribution < 1.29 is 4.39 Å². The van der Waals surface area contributed by atoms with E-state index >= 15 is 0 Å². The van der Waals surface area contributed by atoms with Crippen LogP contribution in [0.5, 0.6) is 0 Å². The number of pyridine rings is 1. The molecule has 0 radical (unpaired) electrons. The molecule has 2 heterocycles. The van der Waals surface area contributed by atoms with Gasteiger partial charge >= 0.3 is 0 Å². The summed E-state index contributed by atoms with van der Waals surface area (Å²) in [6, 6.07) is 1.22. The number of aromatic nitrogens is 2. The molecule has 0 aliphatic carbocycles. The van der Waals surface area contributed by atoms with E-state index in [0.29, 0.717) is 10.1 Å². The zero-order valence-electron chi connectivity index (χ0n) is 8.46. The molecule has 2 aromatic rings. The predicted octanol–water partition coefficient (Wildman–Crippen LogP) is 2.56. The number of fused-ring (bicyclic) bond motifs is 1. The second kappa shape index (κ2) is 3.57. The highest BCUT2D eigenvalue weighted by atomic mass is 79.9. The first-order chi connectivity index (χ1) is 7.00. The van der Waals surface area contributed by atoms with Crippen LogP contribution in [0.15, 0.2) is 16.7 Å². The molecule has 0 bridgehead atoms.